The van der Waals surface area contributed by atoms with Crippen molar-refractivity contribution in [2.45, 2.75) is 13.0 Å². The van der Waals surface area contributed by atoms with Crippen molar-refractivity contribution >= 4 is 21.4 Å². The molecule has 0 bridgehead atoms. The summed E-state index contributed by atoms with van der Waals surface area (Å²) in [5, 5.41) is 12.6. The quantitative estimate of drug-likeness (QED) is 0.822. The molecule has 3 heteroatoms. The molecule has 2 rings (SSSR count). The summed E-state index contributed by atoms with van der Waals surface area (Å²) in [6, 6.07) is 5.92. The van der Waals surface area contributed by atoms with Gasteiger partial charge < -0.3 is 9.84 Å². The fourth-order valence-corrected chi connectivity index (χ4v) is 2.62. The van der Waals surface area contributed by atoms with Crippen LogP contribution in [0.3, 0.4) is 0 Å². The zero-order valence-corrected chi connectivity index (χ0v) is 8.97. The highest BCUT2D eigenvalue weighted by atomic mass is 32.1. The highest BCUT2D eigenvalue weighted by Gasteiger charge is 2.12. The second-order valence-corrected chi connectivity index (χ2v) is 4.11. The van der Waals surface area contributed by atoms with Crippen molar-refractivity contribution in [3.05, 3.63) is 29.1 Å². The Morgan fingerprint density at radius 2 is 2.21 bits per heavy atom. The molecule has 1 aromatic carbocycles. The number of thiophene rings is 1. The molecule has 1 unspecified atom stereocenters. The molecule has 1 aromatic heterocycles. The van der Waals surface area contributed by atoms with Crippen LogP contribution in [-0.4, -0.2) is 12.2 Å². The smallest absolute Gasteiger partial charge is 0.127 e. The van der Waals surface area contributed by atoms with Gasteiger partial charge in [0.25, 0.3) is 0 Å². The second-order valence-electron chi connectivity index (χ2n) is 3.20. The van der Waals surface area contributed by atoms with Gasteiger partial charge in [0.05, 0.1) is 13.2 Å². The Morgan fingerprint density at radius 3 is 2.86 bits per heavy atom. The van der Waals surface area contributed by atoms with Gasteiger partial charge in [0, 0.05) is 15.6 Å². The van der Waals surface area contributed by atoms with Crippen LogP contribution in [0.5, 0.6) is 5.75 Å². The van der Waals surface area contributed by atoms with E-state index in [-0.39, 0.29) is 0 Å². The van der Waals surface area contributed by atoms with Crippen LogP contribution >= 0.6 is 11.3 Å². The van der Waals surface area contributed by atoms with E-state index in [1.54, 1.807) is 25.4 Å². The summed E-state index contributed by atoms with van der Waals surface area (Å²) in [5.41, 5.74) is 0.947. The molecule has 0 aliphatic heterocycles. The van der Waals surface area contributed by atoms with E-state index in [1.807, 2.05) is 23.6 Å². The van der Waals surface area contributed by atoms with E-state index < -0.39 is 6.10 Å². The van der Waals surface area contributed by atoms with Crippen molar-refractivity contribution in [3.8, 4) is 5.75 Å². The average Bonchev–Trinajstić information content (AvgIpc) is 2.60. The van der Waals surface area contributed by atoms with Crippen LogP contribution < -0.4 is 4.74 Å². The lowest BCUT2D eigenvalue weighted by atomic mass is 10.1. The third-order valence-corrected chi connectivity index (χ3v) is 3.23. The molecule has 0 amide bonds. The molecule has 0 radical (unpaired) electrons. The van der Waals surface area contributed by atoms with Gasteiger partial charge in [-0.15, -0.1) is 11.3 Å². The minimum atomic E-state index is -0.444. The summed E-state index contributed by atoms with van der Waals surface area (Å²) in [4.78, 5) is 0. The van der Waals surface area contributed by atoms with E-state index >= 15 is 0 Å². The minimum absolute atomic E-state index is 0.444. The van der Waals surface area contributed by atoms with E-state index in [1.165, 1.54) is 0 Å². The molecular weight excluding hydrogens is 196 g/mol. The largest absolute Gasteiger partial charge is 0.496 e. The Morgan fingerprint density at radius 1 is 1.43 bits per heavy atom. The van der Waals surface area contributed by atoms with Crippen LogP contribution in [0.15, 0.2) is 23.6 Å². The number of rotatable bonds is 2. The average molecular weight is 208 g/mol. The number of methoxy groups -OCH3 is 1. The fraction of sp³-hybridized carbons (Fsp3) is 0.273. The molecule has 0 saturated heterocycles. The first-order valence-corrected chi connectivity index (χ1v) is 5.34. The topological polar surface area (TPSA) is 29.5 Å². The van der Waals surface area contributed by atoms with Crippen molar-refractivity contribution in [3.63, 3.8) is 0 Å². The molecule has 1 heterocycles. The summed E-state index contributed by atoms with van der Waals surface area (Å²) in [7, 11) is 1.65. The molecule has 0 aliphatic carbocycles. The fourth-order valence-electron chi connectivity index (χ4n) is 1.56. The Bertz CT molecular complexity index is 445. The van der Waals surface area contributed by atoms with Crippen LogP contribution in [0, 0.1) is 0 Å². The SMILES string of the molecule is COc1cccc2scc(C(C)O)c12. The molecule has 0 aliphatic rings. The van der Waals surface area contributed by atoms with E-state index in [0.29, 0.717) is 0 Å². The second kappa shape index (κ2) is 3.59. The van der Waals surface area contributed by atoms with Gasteiger partial charge in [0.2, 0.25) is 0 Å². The summed E-state index contributed by atoms with van der Waals surface area (Å²) in [6.07, 6.45) is -0.444. The molecule has 0 fully saturated rings. The lowest BCUT2D eigenvalue weighted by Crippen LogP contribution is -1.90. The van der Waals surface area contributed by atoms with E-state index in [0.717, 1.165) is 21.4 Å². The predicted octanol–water partition coefficient (Wildman–Crippen LogP) is 2.96. The number of hydrogen-bond acceptors (Lipinski definition) is 3. The summed E-state index contributed by atoms with van der Waals surface area (Å²) >= 11 is 1.63. The van der Waals surface area contributed by atoms with Crippen molar-refractivity contribution in [1.29, 1.82) is 0 Å². The van der Waals surface area contributed by atoms with Gasteiger partial charge >= 0.3 is 0 Å². The van der Waals surface area contributed by atoms with Crippen molar-refractivity contribution in [2.75, 3.05) is 7.11 Å². The lowest BCUT2D eigenvalue weighted by Gasteiger charge is -2.06. The number of aliphatic hydroxyl groups excluding tert-OH is 1. The number of benzene rings is 1. The maximum Gasteiger partial charge on any atom is 0.127 e. The molecule has 0 saturated carbocycles. The number of hydrogen-bond donors (Lipinski definition) is 1. The molecule has 1 atom stereocenters. The van der Waals surface area contributed by atoms with Crippen LogP contribution in [0.25, 0.3) is 10.1 Å². The van der Waals surface area contributed by atoms with Gasteiger partial charge in [-0.2, -0.15) is 0 Å². The van der Waals surface area contributed by atoms with E-state index in [2.05, 4.69) is 0 Å². The van der Waals surface area contributed by atoms with Gasteiger partial charge in [-0.1, -0.05) is 6.07 Å². The van der Waals surface area contributed by atoms with Crippen LogP contribution in [-0.2, 0) is 0 Å². The van der Waals surface area contributed by atoms with E-state index in [4.69, 9.17) is 4.74 Å². The third-order valence-electron chi connectivity index (χ3n) is 2.26. The van der Waals surface area contributed by atoms with Crippen molar-refractivity contribution < 1.29 is 9.84 Å². The predicted molar refractivity (Wildman–Crippen MR) is 59.0 cm³/mol. The zero-order valence-electron chi connectivity index (χ0n) is 8.15. The number of ether oxygens (including phenoxy) is 1. The Labute approximate surface area is 86.8 Å². The molecule has 74 valence electrons. The van der Waals surface area contributed by atoms with Crippen LogP contribution in [0.4, 0.5) is 0 Å². The van der Waals surface area contributed by atoms with Crippen molar-refractivity contribution in [1.82, 2.24) is 0 Å². The minimum Gasteiger partial charge on any atom is -0.496 e. The van der Waals surface area contributed by atoms with Crippen LogP contribution in [0.2, 0.25) is 0 Å². The Hall–Kier alpha value is -1.06. The maximum atomic E-state index is 9.58. The standard InChI is InChI=1S/C11H12O2S/c1-7(12)8-6-14-10-5-3-4-9(13-2)11(8)10/h3-7,12H,1-2H3. The van der Waals surface area contributed by atoms with Gasteiger partial charge in [-0.3, -0.25) is 0 Å². The van der Waals surface area contributed by atoms with Crippen LogP contribution in [0.1, 0.15) is 18.6 Å². The molecule has 2 nitrogen and oxygen atoms in total. The highest BCUT2D eigenvalue weighted by molar-refractivity contribution is 7.17. The Balaban J connectivity index is 2.74. The summed E-state index contributed by atoms with van der Waals surface area (Å²) in [5.74, 6) is 0.833. The molecule has 0 spiro atoms. The van der Waals surface area contributed by atoms with Gasteiger partial charge in [0.1, 0.15) is 5.75 Å². The summed E-state index contributed by atoms with van der Waals surface area (Å²) < 4.78 is 6.43. The van der Waals surface area contributed by atoms with E-state index in [9.17, 15) is 5.11 Å². The van der Waals surface area contributed by atoms with Gasteiger partial charge in [0.15, 0.2) is 0 Å². The number of aliphatic hydroxyl groups is 1. The third kappa shape index (κ3) is 1.38. The first kappa shape index (κ1) is 9.49. The monoisotopic (exact) mass is 208 g/mol. The van der Waals surface area contributed by atoms with Crippen molar-refractivity contribution in [2.24, 2.45) is 0 Å². The Kier molecular flexibility index (Phi) is 2.44. The maximum absolute atomic E-state index is 9.58. The van der Waals surface area contributed by atoms with Gasteiger partial charge in [-0.05, 0) is 24.4 Å². The summed E-state index contributed by atoms with van der Waals surface area (Å²) in [6.45, 7) is 1.77. The molecule has 14 heavy (non-hydrogen) atoms. The molecular formula is C11H12O2S. The first-order valence-electron chi connectivity index (χ1n) is 4.46. The zero-order chi connectivity index (χ0) is 10.1. The van der Waals surface area contributed by atoms with Gasteiger partial charge in [-0.25, -0.2) is 0 Å². The number of fused-ring (bicyclic) bond motifs is 1. The lowest BCUT2D eigenvalue weighted by molar-refractivity contribution is 0.201. The first-order chi connectivity index (χ1) is 6.74. The molecule has 2 aromatic rings. The normalized spacial score (nSPS) is 13.1. The molecule has 1 N–H and O–H groups in total. The highest BCUT2D eigenvalue weighted by Crippen LogP contribution is 2.36.